The largest absolute Gasteiger partial charge is 0.490 e. The molecule has 2 rings (SSSR count). The zero-order valence-corrected chi connectivity index (χ0v) is 9.29. The number of hydrogen-bond donors (Lipinski definition) is 2. The van der Waals surface area contributed by atoms with E-state index in [4.69, 9.17) is 27.2 Å². The molecule has 82 valence electrons. The number of aliphatic hydroxyl groups excluding tert-OH is 1. The van der Waals surface area contributed by atoms with Crippen LogP contribution in [0, 0.1) is 0 Å². The van der Waals surface area contributed by atoms with Crippen LogP contribution in [-0.4, -0.2) is 17.8 Å². The molecule has 1 aromatic carbocycles. The molecule has 0 aliphatic carbocycles. The summed E-state index contributed by atoms with van der Waals surface area (Å²) >= 11 is 5.98. The lowest BCUT2D eigenvalue weighted by atomic mass is 10.0. The first kappa shape index (κ1) is 10.7. The van der Waals surface area contributed by atoms with Crippen molar-refractivity contribution in [1.82, 2.24) is 0 Å². The molecule has 0 spiro atoms. The van der Waals surface area contributed by atoms with Crippen LogP contribution in [0.25, 0.3) is 0 Å². The highest BCUT2D eigenvalue weighted by Gasteiger charge is 2.25. The van der Waals surface area contributed by atoms with Crippen molar-refractivity contribution in [2.75, 3.05) is 6.61 Å². The summed E-state index contributed by atoms with van der Waals surface area (Å²) in [5, 5.41) is 9.70. The molecule has 0 amide bonds. The van der Waals surface area contributed by atoms with Crippen molar-refractivity contribution in [3.05, 3.63) is 28.3 Å². The molecule has 0 radical (unpaired) electrons. The second-order valence-electron chi connectivity index (χ2n) is 3.90. The molecule has 2 atom stereocenters. The zero-order valence-electron chi connectivity index (χ0n) is 8.53. The lowest BCUT2D eigenvalue weighted by molar-refractivity contribution is 0.240. The summed E-state index contributed by atoms with van der Waals surface area (Å²) in [7, 11) is 0. The quantitative estimate of drug-likeness (QED) is 0.808. The molecule has 15 heavy (non-hydrogen) atoms. The van der Waals surface area contributed by atoms with Crippen molar-refractivity contribution in [3.63, 3.8) is 0 Å². The predicted octanol–water partition coefficient (Wildman–Crippen LogP) is 1.66. The van der Waals surface area contributed by atoms with E-state index in [1.807, 2.05) is 13.0 Å². The molecule has 0 aromatic heterocycles. The third-order valence-corrected chi connectivity index (χ3v) is 2.80. The van der Waals surface area contributed by atoms with Crippen molar-refractivity contribution < 1.29 is 9.84 Å². The fourth-order valence-corrected chi connectivity index (χ4v) is 2.14. The monoisotopic (exact) mass is 227 g/mol. The number of hydrogen-bond acceptors (Lipinski definition) is 3. The Bertz CT molecular complexity index is 381. The summed E-state index contributed by atoms with van der Waals surface area (Å²) in [6.45, 7) is 1.90. The van der Waals surface area contributed by atoms with Gasteiger partial charge in [-0.05, 0) is 24.6 Å². The minimum Gasteiger partial charge on any atom is -0.490 e. The number of halogens is 1. The van der Waals surface area contributed by atoms with Crippen LogP contribution in [0.2, 0.25) is 5.02 Å². The number of ether oxygens (including phenoxy) is 1. The average molecular weight is 228 g/mol. The van der Waals surface area contributed by atoms with Crippen LogP contribution in [0.4, 0.5) is 0 Å². The van der Waals surface area contributed by atoms with Gasteiger partial charge >= 0.3 is 0 Å². The smallest absolute Gasteiger partial charge is 0.128 e. The Morgan fingerprint density at radius 2 is 2.40 bits per heavy atom. The SMILES string of the molecule is CC1Cc2cc(Cl)cc(C(N)CO)c2O1. The van der Waals surface area contributed by atoms with E-state index in [0.29, 0.717) is 5.02 Å². The van der Waals surface area contributed by atoms with Crippen molar-refractivity contribution in [1.29, 1.82) is 0 Å². The number of nitrogens with two attached hydrogens (primary N) is 1. The second kappa shape index (κ2) is 4.00. The fourth-order valence-electron chi connectivity index (χ4n) is 1.89. The molecule has 0 saturated heterocycles. The van der Waals surface area contributed by atoms with E-state index >= 15 is 0 Å². The topological polar surface area (TPSA) is 55.5 Å². The third kappa shape index (κ3) is 1.95. The molecule has 1 heterocycles. The van der Waals surface area contributed by atoms with Crippen LogP contribution in [0.15, 0.2) is 12.1 Å². The fraction of sp³-hybridized carbons (Fsp3) is 0.455. The van der Waals surface area contributed by atoms with Gasteiger partial charge in [0.05, 0.1) is 12.6 Å². The molecule has 0 saturated carbocycles. The Labute approximate surface area is 93.8 Å². The molecule has 1 aromatic rings. The van der Waals surface area contributed by atoms with Gasteiger partial charge in [-0.15, -0.1) is 0 Å². The maximum absolute atomic E-state index is 9.05. The average Bonchev–Trinajstić information content (AvgIpc) is 2.55. The first-order chi connectivity index (χ1) is 7.11. The minimum atomic E-state index is -0.428. The number of rotatable bonds is 2. The van der Waals surface area contributed by atoms with Gasteiger partial charge in [-0.1, -0.05) is 11.6 Å². The molecular formula is C11H14ClNO2. The summed E-state index contributed by atoms with van der Waals surface area (Å²) in [4.78, 5) is 0. The molecule has 1 aliphatic heterocycles. The van der Waals surface area contributed by atoms with E-state index in [-0.39, 0.29) is 12.7 Å². The van der Waals surface area contributed by atoms with Gasteiger partial charge in [0.1, 0.15) is 11.9 Å². The van der Waals surface area contributed by atoms with E-state index in [1.54, 1.807) is 6.07 Å². The highest BCUT2D eigenvalue weighted by Crippen LogP contribution is 2.37. The first-order valence-electron chi connectivity index (χ1n) is 4.97. The van der Waals surface area contributed by atoms with Gasteiger partial charge in [0.25, 0.3) is 0 Å². The maximum Gasteiger partial charge on any atom is 0.128 e. The molecule has 3 nitrogen and oxygen atoms in total. The Balaban J connectivity index is 2.47. The number of benzene rings is 1. The zero-order chi connectivity index (χ0) is 11.0. The van der Waals surface area contributed by atoms with Crippen LogP contribution in [0.1, 0.15) is 24.1 Å². The van der Waals surface area contributed by atoms with Gasteiger partial charge in [0.15, 0.2) is 0 Å². The van der Waals surface area contributed by atoms with Gasteiger partial charge in [-0.2, -0.15) is 0 Å². The summed E-state index contributed by atoms with van der Waals surface area (Å²) < 4.78 is 5.67. The van der Waals surface area contributed by atoms with Crippen molar-refractivity contribution in [3.8, 4) is 5.75 Å². The van der Waals surface area contributed by atoms with Crippen LogP contribution >= 0.6 is 11.6 Å². The van der Waals surface area contributed by atoms with Crippen LogP contribution in [-0.2, 0) is 6.42 Å². The number of fused-ring (bicyclic) bond motifs is 1. The highest BCUT2D eigenvalue weighted by molar-refractivity contribution is 6.30. The van der Waals surface area contributed by atoms with Crippen molar-refractivity contribution in [2.24, 2.45) is 5.73 Å². The van der Waals surface area contributed by atoms with E-state index in [1.165, 1.54) is 0 Å². The van der Waals surface area contributed by atoms with E-state index in [9.17, 15) is 0 Å². The molecule has 3 N–H and O–H groups in total. The highest BCUT2D eigenvalue weighted by atomic mass is 35.5. The lowest BCUT2D eigenvalue weighted by Crippen LogP contribution is -2.16. The Hall–Kier alpha value is -0.770. The molecule has 0 bridgehead atoms. The van der Waals surface area contributed by atoms with Gasteiger partial charge in [-0.3, -0.25) is 0 Å². The molecule has 0 fully saturated rings. The molecular weight excluding hydrogens is 214 g/mol. The molecule has 2 unspecified atom stereocenters. The third-order valence-electron chi connectivity index (χ3n) is 2.58. The van der Waals surface area contributed by atoms with Crippen molar-refractivity contribution >= 4 is 11.6 Å². The van der Waals surface area contributed by atoms with Crippen LogP contribution in [0.5, 0.6) is 5.75 Å². The second-order valence-corrected chi connectivity index (χ2v) is 4.34. The van der Waals surface area contributed by atoms with Gasteiger partial charge in [-0.25, -0.2) is 0 Å². The van der Waals surface area contributed by atoms with Gasteiger partial charge in [0, 0.05) is 17.0 Å². The molecule has 1 aliphatic rings. The Kier molecular flexibility index (Phi) is 2.87. The van der Waals surface area contributed by atoms with Crippen LogP contribution < -0.4 is 10.5 Å². The molecule has 4 heteroatoms. The van der Waals surface area contributed by atoms with Crippen LogP contribution in [0.3, 0.4) is 0 Å². The lowest BCUT2D eigenvalue weighted by Gasteiger charge is -2.14. The summed E-state index contributed by atoms with van der Waals surface area (Å²) in [6, 6.07) is 3.23. The van der Waals surface area contributed by atoms with E-state index in [0.717, 1.165) is 23.3 Å². The minimum absolute atomic E-state index is 0.107. The van der Waals surface area contributed by atoms with Gasteiger partial charge in [0.2, 0.25) is 0 Å². The number of aliphatic hydroxyl groups is 1. The Morgan fingerprint density at radius 3 is 3.07 bits per heavy atom. The predicted molar refractivity (Wildman–Crippen MR) is 59.3 cm³/mol. The van der Waals surface area contributed by atoms with E-state index < -0.39 is 6.04 Å². The standard InChI is InChI=1S/C11H14ClNO2/c1-6-2-7-3-8(12)4-9(10(13)5-14)11(7)15-6/h3-4,6,10,14H,2,5,13H2,1H3. The normalized spacial score (nSPS) is 20.9. The van der Waals surface area contributed by atoms with E-state index in [2.05, 4.69) is 0 Å². The summed E-state index contributed by atoms with van der Waals surface area (Å²) in [5.41, 5.74) is 7.67. The summed E-state index contributed by atoms with van der Waals surface area (Å²) in [6.07, 6.45) is 1.00. The van der Waals surface area contributed by atoms with Gasteiger partial charge < -0.3 is 15.6 Å². The van der Waals surface area contributed by atoms with Crippen molar-refractivity contribution in [2.45, 2.75) is 25.5 Å². The maximum atomic E-state index is 9.05. The Morgan fingerprint density at radius 1 is 1.67 bits per heavy atom. The summed E-state index contributed by atoms with van der Waals surface area (Å²) in [5.74, 6) is 0.799. The first-order valence-corrected chi connectivity index (χ1v) is 5.35.